The van der Waals surface area contributed by atoms with E-state index in [1.807, 2.05) is 25.8 Å². The van der Waals surface area contributed by atoms with Gasteiger partial charge in [0.2, 0.25) is 5.95 Å². The first-order valence-electron chi connectivity index (χ1n) is 6.23. The predicted octanol–water partition coefficient (Wildman–Crippen LogP) is 1.30. The molecule has 1 rings (SSSR count). The van der Waals surface area contributed by atoms with Crippen LogP contribution in [0.25, 0.3) is 0 Å². The Labute approximate surface area is 107 Å². The number of aliphatic carboxylic acids is 1. The van der Waals surface area contributed by atoms with Crippen LogP contribution in [0.3, 0.4) is 0 Å². The first-order valence-corrected chi connectivity index (χ1v) is 6.23. The van der Waals surface area contributed by atoms with Crippen molar-refractivity contribution in [1.29, 1.82) is 0 Å². The minimum atomic E-state index is -0.780. The van der Waals surface area contributed by atoms with Crippen LogP contribution in [0.5, 0.6) is 0 Å². The van der Waals surface area contributed by atoms with Crippen LogP contribution in [0.2, 0.25) is 0 Å². The number of nitrogens with zero attached hydrogens (tertiary/aromatic N) is 4. The zero-order chi connectivity index (χ0) is 13.5. The number of rotatable bonds is 7. The number of anilines is 1. The van der Waals surface area contributed by atoms with Crippen molar-refractivity contribution in [2.75, 3.05) is 18.5 Å². The lowest BCUT2D eigenvalue weighted by Crippen LogP contribution is -2.23. The fraction of sp³-hybridized carbons (Fsp3) is 0.667. The Morgan fingerprint density at radius 1 is 1.22 bits per heavy atom. The van der Waals surface area contributed by atoms with E-state index in [0.717, 1.165) is 24.2 Å². The molecule has 1 heterocycles. The van der Waals surface area contributed by atoms with Gasteiger partial charge in [-0.2, -0.15) is 5.10 Å². The standard InChI is InChI=1S/C12H20N4O2/c1-4-9-10(5-2)14-15-12(13-9)16(3)8-6-7-11(17)18/h4-8H2,1-3H3,(H,17,18). The van der Waals surface area contributed by atoms with Gasteiger partial charge >= 0.3 is 5.97 Å². The maximum Gasteiger partial charge on any atom is 0.303 e. The predicted molar refractivity (Wildman–Crippen MR) is 68.7 cm³/mol. The van der Waals surface area contributed by atoms with Crippen molar-refractivity contribution in [3.05, 3.63) is 11.4 Å². The summed E-state index contributed by atoms with van der Waals surface area (Å²) in [5.41, 5.74) is 1.90. The van der Waals surface area contributed by atoms with Crippen molar-refractivity contribution in [3.63, 3.8) is 0 Å². The summed E-state index contributed by atoms with van der Waals surface area (Å²) in [6, 6.07) is 0. The highest BCUT2D eigenvalue weighted by molar-refractivity contribution is 5.66. The average Bonchev–Trinajstić information content (AvgIpc) is 2.37. The molecule has 6 heteroatoms. The third-order valence-corrected chi connectivity index (χ3v) is 2.72. The highest BCUT2D eigenvalue weighted by Crippen LogP contribution is 2.10. The van der Waals surface area contributed by atoms with E-state index in [4.69, 9.17) is 5.11 Å². The molecule has 0 aromatic carbocycles. The van der Waals surface area contributed by atoms with Crippen LogP contribution < -0.4 is 4.90 Å². The summed E-state index contributed by atoms with van der Waals surface area (Å²) in [7, 11) is 1.85. The molecule has 0 fully saturated rings. The molecule has 0 saturated carbocycles. The molecule has 0 unspecified atom stereocenters. The van der Waals surface area contributed by atoms with Gasteiger partial charge in [-0.25, -0.2) is 4.98 Å². The lowest BCUT2D eigenvalue weighted by atomic mass is 10.2. The van der Waals surface area contributed by atoms with Crippen molar-refractivity contribution in [1.82, 2.24) is 15.2 Å². The van der Waals surface area contributed by atoms with Gasteiger partial charge in [0.25, 0.3) is 0 Å². The van der Waals surface area contributed by atoms with Crippen LogP contribution in [-0.2, 0) is 17.6 Å². The van der Waals surface area contributed by atoms with Crippen LogP contribution in [0.4, 0.5) is 5.95 Å². The molecule has 0 aliphatic heterocycles. The number of aromatic nitrogens is 3. The molecule has 0 atom stereocenters. The van der Waals surface area contributed by atoms with E-state index < -0.39 is 5.97 Å². The molecule has 0 bridgehead atoms. The van der Waals surface area contributed by atoms with Crippen LogP contribution in [0.15, 0.2) is 0 Å². The van der Waals surface area contributed by atoms with Gasteiger partial charge in [-0.1, -0.05) is 13.8 Å². The smallest absolute Gasteiger partial charge is 0.303 e. The first kappa shape index (κ1) is 14.3. The minimum absolute atomic E-state index is 0.158. The van der Waals surface area contributed by atoms with Crippen LogP contribution in [-0.4, -0.2) is 39.8 Å². The van der Waals surface area contributed by atoms with Gasteiger partial charge in [-0.3, -0.25) is 4.79 Å². The molecule has 1 aromatic heterocycles. The van der Waals surface area contributed by atoms with E-state index in [2.05, 4.69) is 15.2 Å². The molecule has 100 valence electrons. The third-order valence-electron chi connectivity index (χ3n) is 2.72. The summed E-state index contributed by atoms with van der Waals surface area (Å²) in [4.78, 5) is 16.7. The van der Waals surface area contributed by atoms with Gasteiger partial charge in [-0.15, -0.1) is 5.10 Å². The molecule has 0 amide bonds. The van der Waals surface area contributed by atoms with Gasteiger partial charge in [0.15, 0.2) is 0 Å². The lowest BCUT2D eigenvalue weighted by molar-refractivity contribution is -0.137. The average molecular weight is 252 g/mol. The molecule has 18 heavy (non-hydrogen) atoms. The molecule has 0 aliphatic rings. The van der Waals surface area contributed by atoms with E-state index in [1.54, 1.807) is 0 Å². The van der Waals surface area contributed by atoms with Gasteiger partial charge in [0.05, 0.1) is 11.4 Å². The number of aryl methyl sites for hydroxylation is 2. The monoisotopic (exact) mass is 252 g/mol. The van der Waals surface area contributed by atoms with Gasteiger partial charge in [0, 0.05) is 20.0 Å². The molecule has 0 spiro atoms. The van der Waals surface area contributed by atoms with Crippen molar-refractivity contribution in [3.8, 4) is 0 Å². The topological polar surface area (TPSA) is 79.2 Å². The second-order valence-electron chi connectivity index (χ2n) is 4.13. The molecular weight excluding hydrogens is 232 g/mol. The highest BCUT2D eigenvalue weighted by Gasteiger charge is 2.10. The largest absolute Gasteiger partial charge is 0.481 e. The SMILES string of the molecule is CCc1nnc(N(C)CCCC(=O)O)nc1CC. The summed E-state index contributed by atoms with van der Waals surface area (Å²) in [6.07, 6.45) is 2.39. The fourth-order valence-electron chi connectivity index (χ4n) is 1.66. The van der Waals surface area contributed by atoms with Crippen LogP contribution in [0.1, 0.15) is 38.1 Å². The van der Waals surface area contributed by atoms with Gasteiger partial charge in [-0.05, 0) is 19.3 Å². The van der Waals surface area contributed by atoms with Crippen molar-refractivity contribution >= 4 is 11.9 Å². The maximum absolute atomic E-state index is 10.4. The third kappa shape index (κ3) is 3.94. The number of hydrogen-bond acceptors (Lipinski definition) is 5. The first-order chi connectivity index (χ1) is 8.58. The second kappa shape index (κ2) is 6.88. The van der Waals surface area contributed by atoms with Crippen LogP contribution >= 0.6 is 0 Å². The second-order valence-corrected chi connectivity index (χ2v) is 4.13. The van der Waals surface area contributed by atoms with Crippen molar-refractivity contribution < 1.29 is 9.90 Å². The molecule has 0 saturated heterocycles. The Balaban J connectivity index is 2.67. The normalized spacial score (nSPS) is 10.4. The molecular formula is C12H20N4O2. The summed E-state index contributed by atoms with van der Waals surface area (Å²) >= 11 is 0. The minimum Gasteiger partial charge on any atom is -0.481 e. The Kier molecular flexibility index (Phi) is 5.48. The number of carbonyl (C=O) groups is 1. The van der Waals surface area contributed by atoms with E-state index >= 15 is 0 Å². The number of carboxylic acid groups (broad SMARTS) is 1. The van der Waals surface area contributed by atoms with Gasteiger partial charge < -0.3 is 10.0 Å². The molecule has 0 radical (unpaired) electrons. The van der Waals surface area contributed by atoms with E-state index in [0.29, 0.717) is 18.9 Å². The fourth-order valence-corrected chi connectivity index (χ4v) is 1.66. The summed E-state index contributed by atoms with van der Waals surface area (Å²) in [5, 5.41) is 16.8. The quantitative estimate of drug-likeness (QED) is 0.788. The van der Waals surface area contributed by atoms with Crippen molar-refractivity contribution in [2.45, 2.75) is 39.5 Å². The lowest BCUT2D eigenvalue weighted by Gasteiger charge is -2.17. The molecule has 6 nitrogen and oxygen atoms in total. The Hall–Kier alpha value is -1.72. The number of hydrogen-bond donors (Lipinski definition) is 1. The number of carboxylic acids is 1. The van der Waals surface area contributed by atoms with Crippen LogP contribution in [0, 0.1) is 0 Å². The van der Waals surface area contributed by atoms with Crippen molar-refractivity contribution in [2.24, 2.45) is 0 Å². The molecule has 1 aromatic rings. The summed E-state index contributed by atoms with van der Waals surface area (Å²) in [5.74, 6) is -0.215. The Morgan fingerprint density at radius 3 is 2.44 bits per heavy atom. The molecule has 0 aliphatic carbocycles. The van der Waals surface area contributed by atoms with Gasteiger partial charge in [0.1, 0.15) is 0 Å². The Morgan fingerprint density at radius 2 is 1.89 bits per heavy atom. The van der Waals surface area contributed by atoms with E-state index in [-0.39, 0.29) is 6.42 Å². The Bertz CT molecular complexity index is 409. The summed E-state index contributed by atoms with van der Waals surface area (Å²) in [6.45, 7) is 4.68. The zero-order valence-electron chi connectivity index (χ0n) is 11.2. The maximum atomic E-state index is 10.4. The molecule has 1 N–H and O–H groups in total. The highest BCUT2D eigenvalue weighted by atomic mass is 16.4. The summed E-state index contributed by atoms with van der Waals surface area (Å²) < 4.78 is 0. The van der Waals surface area contributed by atoms with E-state index in [1.165, 1.54) is 0 Å². The van der Waals surface area contributed by atoms with E-state index in [9.17, 15) is 4.79 Å². The zero-order valence-corrected chi connectivity index (χ0v) is 11.2.